The van der Waals surface area contributed by atoms with E-state index in [0.29, 0.717) is 18.9 Å². The molecule has 1 fully saturated rings. The number of nitrogens with two attached hydrogens (primary N) is 1. The van der Waals surface area contributed by atoms with Gasteiger partial charge in [-0.3, -0.25) is 5.10 Å². The van der Waals surface area contributed by atoms with Crippen molar-refractivity contribution in [2.45, 2.75) is 38.7 Å². The van der Waals surface area contributed by atoms with Crippen LogP contribution in [0.3, 0.4) is 0 Å². The first-order valence-corrected chi connectivity index (χ1v) is 10.3. The van der Waals surface area contributed by atoms with Crippen LogP contribution in [0.5, 0.6) is 0 Å². The summed E-state index contributed by atoms with van der Waals surface area (Å²) in [6.45, 7) is 6.81. The fourth-order valence-electron chi connectivity index (χ4n) is 4.04. The Kier molecular flexibility index (Phi) is 4.35. The second-order valence-electron chi connectivity index (χ2n) is 8.96. The number of H-pyrrole nitrogens is 2. The van der Waals surface area contributed by atoms with E-state index < -0.39 is 5.60 Å². The highest BCUT2D eigenvalue weighted by Gasteiger charge is 2.32. The summed E-state index contributed by atoms with van der Waals surface area (Å²) in [6.07, 6.45) is 2.24. The number of aromatic nitrogens is 5. The first-order valence-electron chi connectivity index (χ1n) is 10.3. The summed E-state index contributed by atoms with van der Waals surface area (Å²) in [7, 11) is 0. The van der Waals surface area contributed by atoms with Crippen LogP contribution in [0.2, 0.25) is 0 Å². The second-order valence-corrected chi connectivity index (χ2v) is 8.96. The van der Waals surface area contributed by atoms with E-state index in [-0.39, 0.29) is 12.0 Å². The van der Waals surface area contributed by atoms with Gasteiger partial charge in [-0.2, -0.15) is 5.10 Å². The number of hydrogen-bond acceptors (Lipinski definition) is 6. The molecule has 9 nitrogen and oxygen atoms in total. The Bertz CT molecular complexity index is 1270. The van der Waals surface area contributed by atoms with Crippen LogP contribution < -0.4 is 5.73 Å². The van der Waals surface area contributed by atoms with Crippen molar-refractivity contribution in [3.05, 3.63) is 36.3 Å². The summed E-state index contributed by atoms with van der Waals surface area (Å²) in [5, 5.41) is 7.90. The molecule has 0 radical (unpaired) electrons. The number of aromatic amines is 2. The number of nitrogens with one attached hydrogen (secondary N) is 2. The summed E-state index contributed by atoms with van der Waals surface area (Å²) in [4.78, 5) is 26.9. The maximum Gasteiger partial charge on any atom is 0.410 e. The summed E-state index contributed by atoms with van der Waals surface area (Å²) >= 11 is 0. The number of likely N-dealkylation sites (tertiary alicyclic amines) is 1. The number of fused-ring (bicyclic) bond motifs is 3. The van der Waals surface area contributed by atoms with E-state index in [1.807, 2.05) is 45.0 Å². The minimum Gasteiger partial charge on any atom is -0.444 e. The Morgan fingerprint density at radius 3 is 2.84 bits per heavy atom. The number of pyridine rings is 1. The molecule has 0 aliphatic carbocycles. The minimum atomic E-state index is -0.511. The fraction of sp³-hybridized carbons (Fsp3) is 0.364. The number of nitrogen functional groups attached to an aromatic ring is 1. The Hall–Kier alpha value is -3.62. The standard InChI is InChI=1S/C22H25N7O2/c1-22(2,3)31-21(30)29-9-7-13(11-29)20-26-17-14-5-4-12(15-6-8-24-28-15)10-16(14)25-19(23)18(17)27-20/h4-6,8,10,13H,7,9,11H2,1-3H3,(H2,23,25)(H,24,28)(H,26,27)/t13-/m0/s1. The summed E-state index contributed by atoms with van der Waals surface area (Å²) in [5.74, 6) is 1.32. The Morgan fingerprint density at radius 2 is 2.10 bits per heavy atom. The van der Waals surface area contributed by atoms with Crippen LogP contribution in [0.25, 0.3) is 33.2 Å². The molecule has 1 saturated heterocycles. The van der Waals surface area contributed by atoms with E-state index in [0.717, 1.165) is 45.4 Å². The van der Waals surface area contributed by atoms with Gasteiger partial charge in [0.25, 0.3) is 0 Å². The molecule has 1 aromatic carbocycles. The minimum absolute atomic E-state index is 0.0960. The molecule has 1 atom stereocenters. The van der Waals surface area contributed by atoms with Crippen molar-refractivity contribution >= 4 is 33.8 Å². The molecule has 4 heterocycles. The van der Waals surface area contributed by atoms with Crippen molar-refractivity contribution in [2.24, 2.45) is 0 Å². The zero-order valence-corrected chi connectivity index (χ0v) is 17.8. The van der Waals surface area contributed by atoms with Crippen molar-refractivity contribution in [1.29, 1.82) is 0 Å². The molecule has 3 aromatic heterocycles. The number of anilines is 1. The lowest BCUT2D eigenvalue weighted by Crippen LogP contribution is -2.35. The molecule has 5 rings (SSSR count). The van der Waals surface area contributed by atoms with Gasteiger partial charge >= 0.3 is 6.09 Å². The molecule has 1 aliphatic heterocycles. The lowest BCUT2D eigenvalue weighted by atomic mass is 10.1. The van der Waals surface area contributed by atoms with Crippen molar-refractivity contribution in [3.8, 4) is 11.3 Å². The monoisotopic (exact) mass is 419 g/mol. The van der Waals surface area contributed by atoms with Crippen LogP contribution in [0, 0.1) is 0 Å². The number of carbonyl (C=O) groups is 1. The van der Waals surface area contributed by atoms with Crippen molar-refractivity contribution in [1.82, 2.24) is 30.0 Å². The van der Waals surface area contributed by atoms with Gasteiger partial charge in [0.2, 0.25) is 0 Å². The number of ether oxygens (including phenoxy) is 1. The number of hydrogen-bond donors (Lipinski definition) is 3. The first-order chi connectivity index (χ1) is 14.8. The third kappa shape index (κ3) is 3.56. The molecule has 4 aromatic rings. The van der Waals surface area contributed by atoms with Gasteiger partial charge in [0, 0.05) is 36.2 Å². The average Bonchev–Trinajstić information content (AvgIpc) is 3.46. The Labute approximate surface area is 179 Å². The van der Waals surface area contributed by atoms with E-state index in [1.165, 1.54) is 0 Å². The summed E-state index contributed by atoms with van der Waals surface area (Å²) < 4.78 is 5.50. The van der Waals surface area contributed by atoms with Gasteiger partial charge in [-0.15, -0.1) is 0 Å². The largest absolute Gasteiger partial charge is 0.444 e. The molecule has 160 valence electrons. The molecular formula is C22H25N7O2. The number of imidazole rings is 1. The van der Waals surface area contributed by atoms with Gasteiger partial charge in [0.05, 0.1) is 11.2 Å². The number of rotatable bonds is 2. The smallest absolute Gasteiger partial charge is 0.410 e. The zero-order chi connectivity index (χ0) is 21.8. The molecule has 0 saturated carbocycles. The highest BCUT2D eigenvalue weighted by atomic mass is 16.6. The number of benzene rings is 1. The molecule has 9 heteroatoms. The second kappa shape index (κ2) is 6.97. The van der Waals surface area contributed by atoms with Crippen LogP contribution in [0.4, 0.5) is 10.6 Å². The van der Waals surface area contributed by atoms with E-state index in [2.05, 4.69) is 20.2 Å². The van der Waals surface area contributed by atoms with E-state index in [1.54, 1.807) is 11.1 Å². The SMILES string of the molecule is CC(C)(C)OC(=O)N1CC[C@H](c2nc3c([nH]2)c(N)nc2cc(-c4ccn[nH]4)ccc23)C1. The zero-order valence-electron chi connectivity index (χ0n) is 17.8. The lowest BCUT2D eigenvalue weighted by molar-refractivity contribution is 0.0292. The molecule has 0 spiro atoms. The van der Waals surface area contributed by atoms with Gasteiger partial charge in [-0.05, 0) is 45.4 Å². The van der Waals surface area contributed by atoms with Gasteiger partial charge < -0.3 is 20.4 Å². The molecule has 0 bridgehead atoms. The van der Waals surface area contributed by atoms with Crippen LogP contribution in [-0.2, 0) is 4.74 Å². The van der Waals surface area contributed by atoms with Gasteiger partial charge in [-0.1, -0.05) is 6.07 Å². The molecular weight excluding hydrogens is 394 g/mol. The molecule has 0 unspecified atom stereocenters. The van der Waals surface area contributed by atoms with Gasteiger partial charge in [0.15, 0.2) is 0 Å². The maximum atomic E-state index is 12.4. The average molecular weight is 419 g/mol. The van der Waals surface area contributed by atoms with Crippen molar-refractivity contribution in [3.63, 3.8) is 0 Å². The van der Waals surface area contributed by atoms with Crippen molar-refractivity contribution < 1.29 is 9.53 Å². The Balaban J connectivity index is 1.47. The highest BCUT2D eigenvalue weighted by Crippen LogP contribution is 2.33. The third-order valence-electron chi connectivity index (χ3n) is 5.51. The van der Waals surface area contributed by atoms with Crippen LogP contribution in [0.1, 0.15) is 38.9 Å². The van der Waals surface area contributed by atoms with Gasteiger partial charge in [0.1, 0.15) is 28.3 Å². The number of amides is 1. The van der Waals surface area contributed by atoms with E-state index >= 15 is 0 Å². The predicted octanol–water partition coefficient (Wildman–Crippen LogP) is 3.81. The predicted molar refractivity (Wildman–Crippen MR) is 119 cm³/mol. The van der Waals surface area contributed by atoms with E-state index in [9.17, 15) is 4.79 Å². The first kappa shape index (κ1) is 19.3. The van der Waals surface area contributed by atoms with Crippen LogP contribution in [0.15, 0.2) is 30.5 Å². The third-order valence-corrected chi connectivity index (χ3v) is 5.51. The maximum absolute atomic E-state index is 12.4. The normalized spacial score (nSPS) is 17.0. The molecule has 31 heavy (non-hydrogen) atoms. The fourth-order valence-corrected chi connectivity index (χ4v) is 4.04. The summed E-state index contributed by atoms with van der Waals surface area (Å²) in [6, 6.07) is 7.91. The molecule has 1 amide bonds. The van der Waals surface area contributed by atoms with Gasteiger partial charge in [-0.25, -0.2) is 14.8 Å². The molecule has 4 N–H and O–H groups in total. The lowest BCUT2D eigenvalue weighted by Gasteiger charge is -2.24. The van der Waals surface area contributed by atoms with Crippen LogP contribution in [-0.4, -0.2) is 54.8 Å². The molecule has 1 aliphatic rings. The van der Waals surface area contributed by atoms with E-state index in [4.69, 9.17) is 15.5 Å². The quantitative estimate of drug-likeness (QED) is 0.454. The van der Waals surface area contributed by atoms with Crippen LogP contribution >= 0.6 is 0 Å². The summed E-state index contributed by atoms with van der Waals surface area (Å²) in [5.41, 5.74) is 9.95. The Morgan fingerprint density at radius 1 is 1.26 bits per heavy atom. The van der Waals surface area contributed by atoms with Crippen molar-refractivity contribution in [2.75, 3.05) is 18.8 Å². The highest BCUT2D eigenvalue weighted by molar-refractivity contribution is 6.07. The topological polar surface area (TPSA) is 126 Å². The number of carbonyl (C=O) groups excluding carboxylic acids is 1. The number of nitrogens with zero attached hydrogens (tertiary/aromatic N) is 4.